The van der Waals surface area contributed by atoms with Gasteiger partial charge in [0.25, 0.3) is 0 Å². The van der Waals surface area contributed by atoms with Crippen molar-refractivity contribution in [2.45, 2.75) is 30.8 Å². The average Bonchev–Trinajstić information content (AvgIpc) is 2.51. The van der Waals surface area contributed by atoms with E-state index in [1.54, 1.807) is 13.8 Å². The van der Waals surface area contributed by atoms with Crippen LogP contribution in [0.25, 0.3) is 0 Å². The summed E-state index contributed by atoms with van der Waals surface area (Å²) in [5.41, 5.74) is 1.13. The van der Waals surface area contributed by atoms with Crippen molar-refractivity contribution in [1.29, 1.82) is 0 Å². The van der Waals surface area contributed by atoms with Gasteiger partial charge in [0.15, 0.2) is 0 Å². The van der Waals surface area contributed by atoms with Crippen molar-refractivity contribution >= 4 is 29.5 Å². The summed E-state index contributed by atoms with van der Waals surface area (Å²) in [7, 11) is 0. The van der Waals surface area contributed by atoms with Gasteiger partial charge in [-0.1, -0.05) is 30.3 Å². The molecule has 1 aromatic carbocycles. The van der Waals surface area contributed by atoms with E-state index in [0.717, 1.165) is 16.9 Å². The van der Waals surface area contributed by atoms with Gasteiger partial charge in [-0.3, -0.25) is 19.3 Å². The summed E-state index contributed by atoms with van der Waals surface area (Å²) in [6.45, 7) is 3.81. The highest BCUT2D eigenvalue weighted by Crippen LogP contribution is 2.26. The highest BCUT2D eigenvalue weighted by molar-refractivity contribution is 8.02. The van der Waals surface area contributed by atoms with Crippen molar-refractivity contribution in [2.75, 3.05) is 13.1 Å². The third-order valence-electron chi connectivity index (χ3n) is 3.52. The third kappa shape index (κ3) is 4.10. The number of benzene rings is 1. The molecule has 1 aliphatic rings. The second kappa shape index (κ2) is 7.45. The molecule has 0 unspecified atom stereocenters. The molecule has 1 saturated heterocycles. The molecule has 3 amide bonds. The van der Waals surface area contributed by atoms with Crippen LogP contribution in [0.1, 0.15) is 19.4 Å². The molecule has 0 saturated carbocycles. The topological polar surface area (TPSA) is 66.5 Å². The lowest BCUT2D eigenvalue weighted by atomic mass is 10.1. The van der Waals surface area contributed by atoms with E-state index in [9.17, 15) is 14.4 Å². The van der Waals surface area contributed by atoms with Gasteiger partial charge in [-0.15, -0.1) is 11.8 Å². The maximum atomic E-state index is 12.0. The Bertz CT molecular complexity index is 542. The quantitative estimate of drug-likeness (QED) is 0.829. The Morgan fingerprint density at radius 1 is 1.14 bits per heavy atom. The van der Waals surface area contributed by atoms with E-state index in [0.29, 0.717) is 6.54 Å². The molecule has 118 valence electrons. The minimum absolute atomic E-state index is 0.193. The van der Waals surface area contributed by atoms with Crippen LogP contribution in [0.2, 0.25) is 0 Å². The second-order valence-corrected chi connectivity index (χ2v) is 6.96. The summed E-state index contributed by atoms with van der Waals surface area (Å²) in [5, 5.41) is 2.18. The van der Waals surface area contributed by atoms with E-state index >= 15 is 0 Å². The molecule has 1 aliphatic heterocycles. The lowest BCUT2D eigenvalue weighted by Gasteiger charge is -2.31. The fourth-order valence-corrected chi connectivity index (χ4v) is 3.42. The van der Waals surface area contributed by atoms with Gasteiger partial charge in [-0.2, -0.15) is 0 Å². The van der Waals surface area contributed by atoms with Gasteiger partial charge in [0.2, 0.25) is 17.7 Å². The first-order chi connectivity index (χ1) is 10.5. The van der Waals surface area contributed by atoms with Gasteiger partial charge in [0.05, 0.1) is 10.5 Å². The molecule has 1 heterocycles. The number of hydrogen-bond donors (Lipinski definition) is 1. The van der Waals surface area contributed by atoms with Gasteiger partial charge < -0.3 is 5.32 Å². The molecule has 1 aromatic rings. The molecular weight excluding hydrogens is 300 g/mol. The standard InChI is InChI=1S/C16H20N2O3S/c1-11-15(20)18(16(21)12(2)22-11)10-14(19)17-9-8-13-6-4-3-5-7-13/h3-7,11-12H,8-10H2,1-2H3,(H,17,19)/t11-,12+. The Kier molecular flexibility index (Phi) is 5.60. The van der Waals surface area contributed by atoms with Crippen molar-refractivity contribution in [3.8, 4) is 0 Å². The molecule has 5 nitrogen and oxygen atoms in total. The summed E-state index contributed by atoms with van der Waals surface area (Å²) in [5.74, 6) is -0.874. The monoisotopic (exact) mass is 320 g/mol. The Morgan fingerprint density at radius 3 is 2.32 bits per heavy atom. The Balaban J connectivity index is 1.83. The lowest BCUT2D eigenvalue weighted by molar-refractivity contribution is -0.147. The molecule has 1 N–H and O–H groups in total. The number of nitrogens with one attached hydrogen (secondary N) is 1. The predicted octanol–water partition coefficient (Wildman–Crippen LogP) is 1.22. The summed E-state index contributed by atoms with van der Waals surface area (Å²) in [6, 6.07) is 9.82. The molecule has 0 aromatic heterocycles. The smallest absolute Gasteiger partial charge is 0.242 e. The number of carbonyl (C=O) groups excluding carboxylic acids is 3. The fraction of sp³-hybridized carbons (Fsp3) is 0.438. The molecule has 6 heteroatoms. The third-order valence-corrected chi connectivity index (χ3v) is 4.74. The van der Waals surface area contributed by atoms with Crippen LogP contribution in [0.5, 0.6) is 0 Å². The SMILES string of the molecule is C[C@@H]1S[C@H](C)C(=O)N(CC(=O)NCCc2ccccc2)C1=O. The largest absolute Gasteiger partial charge is 0.354 e. The first kappa shape index (κ1) is 16.5. The van der Waals surface area contributed by atoms with Crippen LogP contribution < -0.4 is 5.32 Å². The lowest BCUT2D eigenvalue weighted by Crippen LogP contribution is -2.53. The van der Waals surface area contributed by atoms with Crippen molar-refractivity contribution in [3.63, 3.8) is 0 Å². The summed E-state index contributed by atoms with van der Waals surface area (Å²) in [4.78, 5) is 37.0. The number of imide groups is 1. The van der Waals surface area contributed by atoms with E-state index in [2.05, 4.69) is 5.32 Å². The van der Waals surface area contributed by atoms with Crippen molar-refractivity contribution in [2.24, 2.45) is 0 Å². The highest BCUT2D eigenvalue weighted by Gasteiger charge is 2.37. The first-order valence-electron chi connectivity index (χ1n) is 7.30. The highest BCUT2D eigenvalue weighted by atomic mass is 32.2. The average molecular weight is 320 g/mol. The predicted molar refractivity (Wildman–Crippen MR) is 86.4 cm³/mol. The van der Waals surface area contributed by atoms with Gasteiger partial charge >= 0.3 is 0 Å². The number of nitrogens with zero attached hydrogens (tertiary/aromatic N) is 1. The van der Waals surface area contributed by atoms with Crippen molar-refractivity contribution in [1.82, 2.24) is 10.2 Å². The number of amides is 3. The van der Waals surface area contributed by atoms with Crippen LogP contribution >= 0.6 is 11.8 Å². The fourth-order valence-electron chi connectivity index (χ4n) is 2.32. The zero-order chi connectivity index (χ0) is 16.1. The molecule has 2 rings (SSSR count). The maximum Gasteiger partial charge on any atom is 0.242 e. The number of carbonyl (C=O) groups is 3. The van der Waals surface area contributed by atoms with Crippen LogP contribution in [0.3, 0.4) is 0 Å². The molecule has 0 spiro atoms. The van der Waals surface area contributed by atoms with Gasteiger partial charge in [-0.25, -0.2) is 0 Å². The Hall–Kier alpha value is -1.82. The molecule has 0 aliphatic carbocycles. The Labute approximate surface area is 134 Å². The van der Waals surface area contributed by atoms with Crippen LogP contribution in [0.4, 0.5) is 0 Å². The van der Waals surface area contributed by atoms with Gasteiger partial charge in [0, 0.05) is 6.54 Å². The normalized spacial score (nSPS) is 21.8. The number of hydrogen-bond acceptors (Lipinski definition) is 4. The zero-order valence-corrected chi connectivity index (χ0v) is 13.6. The summed E-state index contributed by atoms with van der Waals surface area (Å²) >= 11 is 1.33. The van der Waals surface area contributed by atoms with Crippen LogP contribution in [-0.2, 0) is 20.8 Å². The summed E-state index contributed by atoms with van der Waals surface area (Å²) in [6.07, 6.45) is 0.719. The van der Waals surface area contributed by atoms with E-state index < -0.39 is 0 Å². The Morgan fingerprint density at radius 2 is 1.73 bits per heavy atom. The van der Waals surface area contributed by atoms with E-state index in [-0.39, 0.29) is 34.8 Å². The zero-order valence-electron chi connectivity index (χ0n) is 12.7. The van der Waals surface area contributed by atoms with Crippen LogP contribution in [0.15, 0.2) is 30.3 Å². The minimum Gasteiger partial charge on any atom is -0.354 e. The molecule has 22 heavy (non-hydrogen) atoms. The van der Waals surface area contributed by atoms with Crippen molar-refractivity contribution < 1.29 is 14.4 Å². The van der Waals surface area contributed by atoms with E-state index in [1.165, 1.54) is 11.8 Å². The number of rotatable bonds is 5. The number of thioether (sulfide) groups is 1. The molecule has 0 radical (unpaired) electrons. The first-order valence-corrected chi connectivity index (χ1v) is 8.24. The molecule has 2 atom stereocenters. The van der Waals surface area contributed by atoms with E-state index in [4.69, 9.17) is 0 Å². The van der Waals surface area contributed by atoms with Crippen LogP contribution in [0, 0.1) is 0 Å². The molecule has 0 bridgehead atoms. The van der Waals surface area contributed by atoms with Crippen LogP contribution in [-0.4, -0.2) is 46.2 Å². The molecular formula is C16H20N2O3S. The van der Waals surface area contributed by atoms with Gasteiger partial charge in [0.1, 0.15) is 6.54 Å². The second-order valence-electron chi connectivity index (χ2n) is 5.27. The maximum absolute atomic E-state index is 12.0. The molecule has 1 fully saturated rings. The van der Waals surface area contributed by atoms with Gasteiger partial charge in [-0.05, 0) is 25.8 Å². The van der Waals surface area contributed by atoms with E-state index in [1.807, 2.05) is 30.3 Å². The van der Waals surface area contributed by atoms with Crippen molar-refractivity contribution in [3.05, 3.63) is 35.9 Å². The summed E-state index contributed by atoms with van der Waals surface area (Å²) < 4.78 is 0. The minimum atomic E-state index is -0.302.